The van der Waals surface area contributed by atoms with Gasteiger partial charge in [0.25, 0.3) is 5.91 Å². The van der Waals surface area contributed by atoms with Gasteiger partial charge in [-0.25, -0.2) is 4.79 Å². The number of hydrogen-bond acceptors (Lipinski definition) is 10. The summed E-state index contributed by atoms with van der Waals surface area (Å²) in [4.78, 5) is 53.8. The molecule has 12 nitrogen and oxygen atoms in total. The molecule has 2 fully saturated rings. The van der Waals surface area contributed by atoms with Crippen molar-refractivity contribution in [1.29, 1.82) is 0 Å². The molecule has 14 heteroatoms. The molecule has 32 heavy (non-hydrogen) atoms. The minimum atomic E-state index is -1.61. The Labute approximate surface area is 208 Å². The number of carbonyl (C=O) groups excluding carboxylic acids is 4. The number of aromatic hydroxyl groups is 1. The molecular weight excluding hydrogens is 455 g/mol. The van der Waals surface area contributed by atoms with Crippen LogP contribution in [-0.2, 0) is 24.0 Å². The zero-order valence-corrected chi connectivity index (χ0v) is 20.1. The number of β-lactam (4-membered cyclic amide) rings is 1. The normalized spacial score (nSPS) is 24.3. The van der Waals surface area contributed by atoms with E-state index in [1.54, 1.807) is 0 Å². The molecule has 0 radical (unpaired) electrons. The first-order valence-corrected chi connectivity index (χ1v) is 10.0. The quantitative estimate of drug-likeness (QED) is 0.151. The van der Waals surface area contributed by atoms with E-state index in [2.05, 4.69) is 15.2 Å². The van der Waals surface area contributed by atoms with Gasteiger partial charge >= 0.3 is 35.7 Å². The third kappa shape index (κ3) is 5.11. The number of phenols is 1. The fraction of sp³-hybridized carbons (Fsp3) is 0.389. The molecule has 1 aromatic rings. The van der Waals surface area contributed by atoms with E-state index in [9.17, 15) is 29.4 Å². The van der Waals surface area contributed by atoms with Crippen molar-refractivity contribution in [1.82, 2.24) is 10.2 Å². The van der Waals surface area contributed by atoms with Crippen molar-refractivity contribution in [3.63, 3.8) is 0 Å². The number of nitrogens with two attached hydrogens (primary N) is 1. The van der Waals surface area contributed by atoms with Crippen molar-refractivity contribution in [3.05, 3.63) is 29.8 Å². The van der Waals surface area contributed by atoms with Crippen molar-refractivity contribution in [3.8, 4) is 5.75 Å². The third-order valence-electron chi connectivity index (χ3n) is 4.87. The maximum Gasteiger partial charge on any atom is 1.00 e. The standard InChI is InChI=1S/C18H20N4O8S.Na/c1-29-21-11(9-3-2-4-10(23)5-9)13(24)20-12-14(25)22-6-18(16(26)27,7-30-17(19)28)8-31-15(12)22;/h2-5,12,15,23H,6-8H2,1H3,(H2,19,28)(H,20,24)(H,26,27);/q;+1/p-1/t12?,15-,18?;/m1./s1. The van der Waals surface area contributed by atoms with E-state index in [0.29, 0.717) is 0 Å². The van der Waals surface area contributed by atoms with Crippen LogP contribution >= 0.6 is 11.8 Å². The number of hydrogen-bond donors (Lipinski definition) is 3. The second-order valence-electron chi connectivity index (χ2n) is 6.97. The maximum atomic E-state index is 12.7. The number of carbonyl (C=O) groups is 4. The molecule has 0 spiro atoms. The average Bonchev–Trinajstić information content (AvgIpc) is 2.73. The van der Waals surface area contributed by atoms with Gasteiger partial charge in [-0.05, 0) is 12.1 Å². The summed E-state index contributed by atoms with van der Waals surface area (Å²) in [6.45, 7) is -0.787. The van der Waals surface area contributed by atoms with Crippen molar-refractivity contribution in [2.75, 3.05) is 26.0 Å². The number of amides is 3. The Morgan fingerprint density at radius 3 is 2.75 bits per heavy atom. The summed E-state index contributed by atoms with van der Waals surface area (Å²) in [7, 11) is 1.25. The fourth-order valence-corrected chi connectivity index (χ4v) is 4.80. The molecule has 3 amide bonds. The van der Waals surface area contributed by atoms with Crippen LogP contribution in [0.2, 0.25) is 0 Å². The molecule has 0 saturated carbocycles. The number of primary amides is 1. The number of ether oxygens (including phenoxy) is 1. The van der Waals surface area contributed by atoms with Crippen LogP contribution in [0.25, 0.3) is 0 Å². The number of phenolic OH excluding ortho intramolecular Hbond substituents is 1. The molecule has 2 heterocycles. The molecular formula is C18H19N4NaO8S. The van der Waals surface area contributed by atoms with Gasteiger partial charge in [0.15, 0.2) is 5.71 Å². The molecule has 2 unspecified atom stereocenters. The van der Waals surface area contributed by atoms with Crippen molar-refractivity contribution >= 4 is 41.4 Å². The number of fused-ring (bicyclic) bond motifs is 1. The molecule has 2 saturated heterocycles. The minimum absolute atomic E-state index is 0. The second-order valence-corrected chi connectivity index (χ2v) is 8.07. The number of aliphatic carboxylic acids is 1. The summed E-state index contributed by atoms with van der Waals surface area (Å²) in [6, 6.07) is 4.87. The van der Waals surface area contributed by atoms with Gasteiger partial charge in [0.2, 0.25) is 5.91 Å². The van der Waals surface area contributed by atoms with Crippen LogP contribution in [0, 0.1) is 5.41 Å². The van der Waals surface area contributed by atoms with Gasteiger partial charge in [-0.2, -0.15) is 0 Å². The Morgan fingerprint density at radius 1 is 1.44 bits per heavy atom. The van der Waals surface area contributed by atoms with Gasteiger partial charge in [-0.1, -0.05) is 17.3 Å². The van der Waals surface area contributed by atoms with Gasteiger partial charge in [-0.15, -0.1) is 11.8 Å². The zero-order chi connectivity index (χ0) is 22.8. The molecule has 2 aliphatic heterocycles. The van der Waals surface area contributed by atoms with Gasteiger partial charge in [0.05, 0.1) is 11.4 Å². The van der Waals surface area contributed by atoms with Crippen molar-refractivity contribution < 1.29 is 68.5 Å². The van der Waals surface area contributed by atoms with E-state index in [0.717, 1.165) is 11.8 Å². The summed E-state index contributed by atoms with van der Waals surface area (Å²) in [5, 5.41) is 27.0. The number of oxime groups is 1. The first-order chi connectivity index (χ1) is 14.7. The largest absolute Gasteiger partial charge is 1.00 e. The molecule has 4 N–H and O–H groups in total. The number of nitrogens with zero attached hydrogens (tertiary/aromatic N) is 2. The number of benzene rings is 1. The Balaban J connectivity index is 0.00000363. The van der Waals surface area contributed by atoms with Crippen LogP contribution in [0.4, 0.5) is 4.79 Å². The number of thioether (sulfide) groups is 1. The number of rotatable bonds is 7. The molecule has 3 atom stereocenters. The van der Waals surface area contributed by atoms with Gasteiger partial charge in [0, 0.05) is 17.9 Å². The second kappa shape index (κ2) is 10.4. The van der Waals surface area contributed by atoms with E-state index in [1.807, 2.05) is 0 Å². The Bertz CT molecular complexity index is 961. The summed E-state index contributed by atoms with van der Waals surface area (Å²) in [5.41, 5.74) is 3.43. The van der Waals surface area contributed by atoms with Crippen LogP contribution in [0.3, 0.4) is 0 Å². The van der Waals surface area contributed by atoms with Crippen LogP contribution in [0.15, 0.2) is 29.4 Å². The van der Waals surface area contributed by atoms with Gasteiger partial charge in [-0.3, -0.25) is 9.59 Å². The molecule has 0 aromatic heterocycles. The first-order valence-electron chi connectivity index (χ1n) is 8.96. The van der Waals surface area contributed by atoms with Gasteiger partial charge in [0.1, 0.15) is 30.9 Å². The zero-order valence-electron chi connectivity index (χ0n) is 17.3. The minimum Gasteiger partial charge on any atom is -0.549 e. The topological polar surface area (TPSA) is 184 Å². The van der Waals surface area contributed by atoms with Gasteiger partial charge < -0.3 is 40.5 Å². The maximum absolute atomic E-state index is 12.7. The Hall–Kier alpha value is -2.48. The van der Waals surface area contributed by atoms with Crippen molar-refractivity contribution in [2.24, 2.45) is 16.3 Å². The van der Waals surface area contributed by atoms with E-state index in [-0.39, 0.29) is 58.9 Å². The molecule has 0 bridgehead atoms. The molecule has 2 aliphatic rings. The van der Waals surface area contributed by atoms with Crippen LogP contribution in [-0.4, -0.2) is 77.0 Å². The predicted octanol–water partition coefficient (Wildman–Crippen LogP) is -5.02. The first kappa shape index (κ1) is 25.8. The van der Waals surface area contributed by atoms with E-state index in [4.69, 9.17) is 10.6 Å². The Kier molecular flexibility index (Phi) is 8.40. The van der Waals surface area contributed by atoms with Crippen LogP contribution in [0.1, 0.15) is 5.56 Å². The van der Waals surface area contributed by atoms with E-state index >= 15 is 0 Å². The summed E-state index contributed by atoms with van der Waals surface area (Å²) in [5.74, 6) is -2.80. The number of carboxylic acids is 1. The summed E-state index contributed by atoms with van der Waals surface area (Å²) >= 11 is 1.10. The van der Waals surface area contributed by atoms with Crippen LogP contribution in [0.5, 0.6) is 5.75 Å². The predicted molar refractivity (Wildman–Crippen MR) is 105 cm³/mol. The monoisotopic (exact) mass is 474 g/mol. The van der Waals surface area contributed by atoms with E-state index < -0.39 is 47.3 Å². The third-order valence-corrected chi connectivity index (χ3v) is 6.46. The molecule has 0 aliphatic carbocycles. The summed E-state index contributed by atoms with van der Waals surface area (Å²) in [6.07, 6.45) is -1.13. The number of nitrogens with one attached hydrogen (secondary N) is 1. The Morgan fingerprint density at radius 2 is 2.16 bits per heavy atom. The molecule has 166 valence electrons. The fourth-order valence-electron chi connectivity index (χ4n) is 3.29. The SMILES string of the molecule is CON=C(C(=O)NC1C(=O)N2CC(COC(N)=O)(C(=O)[O-])CS[C@H]12)c1cccc(O)c1.[Na+]. The molecule has 3 rings (SSSR count). The van der Waals surface area contributed by atoms with E-state index in [1.165, 1.54) is 36.3 Å². The number of carboxylic acid groups (broad SMARTS) is 1. The smallest absolute Gasteiger partial charge is 0.549 e. The molecule has 1 aromatic carbocycles. The van der Waals surface area contributed by atoms with Crippen LogP contribution < -0.4 is 45.7 Å². The summed E-state index contributed by atoms with van der Waals surface area (Å²) < 4.78 is 4.64. The average molecular weight is 474 g/mol. The van der Waals surface area contributed by atoms with Crippen molar-refractivity contribution in [2.45, 2.75) is 11.4 Å².